The smallest absolute Gasteiger partial charge is 0.170 e. The molecule has 0 heterocycles. The molecule has 2 atom stereocenters. The van der Waals surface area contributed by atoms with E-state index >= 15 is 0 Å². The van der Waals surface area contributed by atoms with Gasteiger partial charge in [-0.25, -0.2) is 0 Å². The fourth-order valence-electron chi connectivity index (χ4n) is 0.796. The lowest BCUT2D eigenvalue weighted by Crippen LogP contribution is -2.25. The van der Waals surface area contributed by atoms with Gasteiger partial charge in [-0.15, -0.1) is 0 Å². The molecule has 0 aromatic heterocycles. The number of hydrogen-bond acceptors (Lipinski definition) is 3. The van der Waals surface area contributed by atoms with E-state index in [1.165, 1.54) is 7.11 Å². The topological polar surface area (TPSA) is 43.4 Å². The van der Waals surface area contributed by atoms with E-state index in [0.29, 0.717) is 5.92 Å². The molecule has 13 heavy (non-hydrogen) atoms. The van der Waals surface area contributed by atoms with Crippen molar-refractivity contribution in [3.05, 3.63) is 0 Å². The van der Waals surface area contributed by atoms with Gasteiger partial charge in [0.2, 0.25) is 0 Å². The van der Waals surface area contributed by atoms with Crippen molar-refractivity contribution in [1.29, 1.82) is 0 Å². The van der Waals surface area contributed by atoms with Gasteiger partial charge in [0.15, 0.2) is 5.78 Å². The number of rotatable bonds is 6. The van der Waals surface area contributed by atoms with Crippen molar-refractivity contribution in [2.45, 2.75) is 26.0 Å². The van der Waals surface area contributed by atoms with E-state index < -0.39 is 10.8 Å². The summed E-state index contributed by atoms with van der Waals surface area (Å²) >= 11 is 0. The summed E-state index contributed by atoms with van der Waals surface area (Å²) in [6.45, 7) is 5.98. The van der Waals surface area contributed by atoms with Gasteiger partial charge in [0.05, 0.1) is 5.75 Å². The highest BCUT2D eigenvalue weighted by atomic mass is 32.2. The molecule has 0 saturated carbocycles. The molecule has 0 aliphatic carbocycles. The van der Waals surface area contributed by atoms with E-state index in [1.54, 1.807) is 0 Å². The number of carbonyl (C=O) groups excluding carboxylic acids is 1. The zero-order chi connectivity index (χ0) is 10.4. The minimum atomic E-state index is -1.06. The Morgan fingerprint density at radius 3 is 2.31 bits per heavy atom. The van der Waals surface area contributed by atoms with Crippen molar-refractivity contribution in [2.24, 2.45) is 5.92 Å². The fraction of sp³-hybridized carbons (Fsp3) is 0.889. The standard InChI is InChI=1S/C9H18O3S/c1-7(2)8(3)13(11)6-9(10)5-12-4/h7-8H,5-6H2,1-4H3. The highest BCUT2D eigenvalue weighted by Gasteiger charge is 2.17. The summed E-state index contributed by atoms with van der Waals surface area (Å²) in [5.41, 5.74) is 0. The monoisotopic (exact) mass is 206 g/mol. The number of methoxy groups -OCH3 is 1. The van der Waals surface area contributed by atoms with Crippen LogP contribution in [0.15, 0.2) is 0 Å². The Balaban J connectivity index is 3.93. The van der Waals surface area contributed by atoms with Gasteiger partial charge in [-0.05, 0) is 5.92 Å². The largest absolute Gasteiger partial charge is 0.377 e. The maximum Gasteiger partial charge on any atom is 0.170 e. The zero-order valence-corrected chi connectivity index (χ0v) is 9.52. The summed E-state index contributed by atoms with van der Waals surface area (Å²) in [6.07, 6.45) is 0. The maximum absolute atomic E-state index is 11.5. The van der Waals surface area contributed by atoms with Gasteiger partial charge >= 0.3 is 0 Å². The number of hydrogen-bond donors (Lipinski definition) is 0. The minimum Gasteiger partial charge on any atom is -0.377 e. The SMILES string of the molecule is COCC(=O)CS(=O)C(C)C(C)C. The Labute approximate surface area is 82.3 Å². The predicted octanol–water partition coefficient (Wildman–Crippen LogP) is 0.995. The van der Waals surface area contributed by atoms with Crippen LogP contribution in [0.4, 0.5) is 0 Å². The van der Waals surface area contributed by atoms with Crippen LogP contribution in [0.3, 0.4) is 0 Å². The average Bonchev–Trinajstić information content (AvgIpc) is 2.03. The Kier molecular flexibility index (Phi) is 6.16. The van der Waals surface area contributed by atoms with Gasteiger partial charge < -0.3 is 4.74 Å². The molecule has 0 spiro atoms. The molecule has 0 aliphatic rings. The molecule has 0 amide bonds. The van der Waals surface area contributed by atoms with Crippen LogP contribution < -0.4 is 0 Å². The first-order valence-electron chi connectivity index (χ1n) is 4.36. The molecule has 3 nitrogen and oxygen atoms in total. The molecule has 78 valence electrons. The third-order valence-electron chi connectivity index (χ3n) is 1.96. The number of ketones is 1. The van der Waals surface area contributed by atoms with Crippen LogP contribution in [-0.2, 0) is 20.3 Å². The third kappa shape index (κ3) is 5.16. The lowest BCUT2D eigenvalue weighted by molar-refractivity contribution is -0.120. The molecule has 0 aliphatic heterocycles. The second kappa shape index (κ2) is 6.27. The van der Waals surface area contributed by atoms with Crippen LogP contribution in [0.2, 0.25) is 0 Å². The van der Waals surface area contributed by atoms with E-state index in [2.05, 4.69) is 4.74 Å². The number of Topliss-reactive ketones (excluding diaryl/α,β-unsaturated/α-hetero) is 1. The summed E-state index contributed by atoms with van der Waals surface area (Å²) < 4.78 is 16.2. The summed E-state index contributed by atoms with van der Waals surface area (Å²) in [4.78, 5) is 11.1. The third-order valence-corrected chi connectivity index (χ3v) is 3.94. The first-order valence-corrected chi connectivity index (χ1v) is 5.75. The Hall–Kier alpha value is -0.220. The molecule has 2 unspecified atom stereocenters. The van der Waals surface area contributed by atoms with Crippen LogP contribution in [0.25, 0.3) is 0 Å². The minimum absolute atomic E-state index is 0.0660. The lowest BCUT2D eigenvalue weighted by atomic mass is 10.2. The Morgan fingerprint density at radius 1 is 1.38 bits per heavy atom. The molecular weight excluding hydrogens is 188 g/mol. The highest BCUT2D eigenvalue weighted by Crippen LogP contribution is 2.08. The van der Waals surface area contributed by atoms with E-state index in [0.717, 1.165) is 0 Å². The van der Waals surface area contributed by atoms with Gasteiger partial charge in [-0.1, -0.05) is 20.8 Å². The van der Waals surface area contributed by atoms with E-state index in [9.17, 15) is 9.00 Å². The second-order valence-electron chi connectivity index (χ2n) is 3.45. The zero-order valence-electron chi connectivity index (χ0n) is 8.70. The lowest BCUT2D eigenvalue weighted by Gasteiger charge is -2.14. The molecule has 0 radical (unpaired) electrons. The Morgan fingerprint density at radius 2 is 1.92 bits per heavy atom. The summed E-state index contributed by atoms with van der Waals surface area (Å²) in [6, 6.07) is 0. The normalized spacial score (nSPS) is 15.8. The van der Waals surface area contributed by atoms with Crippen molar-refractivity contribution < 1.29 is 13.7 Å². The number of ether oxygens (including phenoxy) is 1. The molecule has 0 aromatic carbocycles. The van der Waals surface area contributed by atoms with Gasteiger partial charge in [0, 0.05) is 23.2 Å². The first-order chi connectivity index (χ1) is 5.99. The van der Waals surface area contributed by atoms with Crippen LogP contribution >= 0.6 is 0 Å². The second-order valence-corrected chi connectivity index (χ2v) is 5.24. The fourth-order valence-corrected chi connectivity index (χ4v) is 2.07. The van der Waals surface area contributed by atoms with Crippen molar-refractivity contribution in [3.63, 3.8) is 0 Å². The van der Waals surface area contributed by atoms with E-state index in [4.69, 9.17) is 0 Å². The van der Waals surface area contributed by atoms with E-state index in [1.807, 2.05) is 20.8 Å². The molecule has 0 fully saturated rings. The highest BCUT2D eigenvalue weighted by molar-refractivity contribution is 7.86. The van der Waals surface area contributed by atoms with Gasteiger partial charge in [-0.2, -0.15) is 0 Å². The molecule has 0 aromatic rings. The summed E-state index contributed by atoms with van der Waals surface area (Å²) in [7, 11) is 0.409. The van der Waals surface area contributed by atoms with Gasteiger partial charge in [-0.3, -0.25) is 9.00 Å². The number of carbonyl (C=O) groups is 1. The molecule has 0 N–H and O–H groups in total. The van der Waals surface area contributed by atoms with Crippen LogP contribution in [0, 0.1) is 5.92 Å². The average molecular weight is 206 g/mol. The van der Waals surface area contributed by atoms with Crippen molar-refractivity contribution >= 4 is 16.6 Å². The summed E-state index contributed by atoms with van der Waals surface area (Å²) in [5, 5.41) is 0.0702. The maximum atomic E-state index is 11.5. The predicted molar refractivity (Wildman–Crippen MR) is 54.2 cm³/mol. The molecular formula is C9H18O3S. The van der Waals surface area contributed by atoms with Crippen LogP contribution in [0.5, 0.6) is 0 Å². The molecule has 0 bridgehead atoms. The van der Waals surface area contributed by atoms with Crippen molar-refractivity contribution in [1.82, 2.24) is 0 Å². The first kappa shape index (κ1) is 12.8. The molecule has 0 rings (SSSR count). The molecule has 4 heteroatoms. The van der Waals surface area contributed by atoms with Crippen molar-refractivity contribution in [2.75, 3.05) is 19.5 Å². The van der Waals surface area contributed by atoms with Crippen molar-refractivity contribution in [3.8, 4) is 0 Å². The quantitative estimate of drug-likeness (QED) is 0.651. The van der Waals surface area contributed by atoms with Crippen LogP contribution in [-0.4, -0.2) is 34.7 Å². The summed E-state index contributed by atoms with van der Waals surface area (Å²) in [5.74, 6) is 0.372. The Bertz CT molecular complexity index is 189. The van der Waals surface area contributed by atoms with E-state index in [-0.39, 0.29) is 23.4 Å². The van der Waals surface area contributed by atoms with Gasteiger partial charge in [0.1, 0.15) is 6.61 Å². The van der Waals surface area contributed by atoms with Crippen LogP contribution in [0.1, 0.15) is 20.8 Å². The molecule has 0 saturated heterocycles. The van der Waals surface area contributed by atoms with Gasteiger partial charge in [0.25, 0.3) is 0 Å².